The van der Waals surface area contributed by atoms with Crippen LogP contribution >= 0.6 is 0 Å². The Labute approximate surface area is 135 Å². The van der Waals surface area contributed by atoms with Gasteiger partial charge < -0.3 is 19.7 Å². The monoisotopic (exact) mass is 335 g/mol. The first-order chi connectivity index (χ1) is 11.5. The Bertz CT molecular complexity index is 754. The average Bonchev–Trinajstić information content (AvgIpc) is 3.09. The predicted octanol–water partition coefficient (Wildman–Crippen LogP) is 0.513. The highest BCUT2D eigenvalue weighted by Crippen LogP contribution is 2.22. The van der Waals surface area contributed by atoms with Crippen LogP contribution in [0.25, 0.3) is 11.3 Å². The highest BCUT2D eigenvalue weighted by Gasteiger charge is 2.23. The summed E-state index contributed by atoms with van der Waals surface area (Å²) in [6.45, 7) is -0.637. The zero-order chi connectivity index (χ0) is 17.7. The summed E-state index contributed by atoms with van der Waals surface area (Å²) in [5.41, 5.74) is 0.716. The third-order valence-corrected chi connectivity index (χ3v) is 3.08. The van der Waals surface area contributed by atoms with Gasteiger partial charge in [0.05, 0.1) is 18.6 Å². The van der Waals surface area contributed by atoms with Crippen molar-refractivity contribution in [2.24, 2.45) is 0 Å². The molecule has 1 amide bonds. The van der Waals surface area contributed by atoms with Gasteiger partial charge in [-0.3, -0.25) is 14.9 Å². The highest BCUT2D eigenvalue weighted by atomic mass is 16.6. The normalized spacial score (nSPS) is 11.6. The number of non-ortho nitro benzene ring substituents is 1. The second kappa shape index (κ2) is 7.33. The number of ether oxygens (including phenoxy) is 1. The number of amides is 1. The van der Waals surface area contributed by atoms with Crippen LogP contribution in [0, 0.1) is 10.1 Å². The summed E-state index contributed by atoms with van der Waals surface area (Å²) in [6.07, 6.45) is 0. The van der Waals surface area contributed by atoms with E-state index < -0.39 is 29.4 Å². The first-order valence-corrected chi connectivity index (χ1v) is 6.67. The first kappa shape index (κ1) is 17.1. The van der Waals surface area contributed by atoms with Gasteiger partial charge in [0.25, 0.3) is 11.6 Å². The highest BCUT2D eigenvalue weighted by molar-refractivity contribution is 5.95. The SMILES string of the molecule is COC(=O)C(CO)NC(=O)c1cc(-c2ccc([N+](=O)[O-])cc2)no1. The van der Waals surface area contributed by atoms with Crippen molar-refractivity contribution in [1.82, 2.24) is 10.5 Å². The van der Waals surface area contributed by atoms with Gasteiger partial charge >= 0.3 is 5.97 Å². The van der Waals surface area contributed by atoms with Gasteiger partial charge in [-0.2, -0.15) is 0 Å². The fourth-order valence-corrected chi connectivity index (χ4v) is 1.82. The molecular weight excluding hydrogens is 322 g/mol. The number of carbonyl (C=O) groups excluding carboxylic acids is 2. The summed E-state index contributed by atoms with van der Waals surface area (Å²) < 4.78 is 9.32. The Morgan fingerprint density at radius 2 is 2.08 bits per heavy atom. The molecule has 0 saturated heterocycles. The molecule has 1 heterocycles. The number of nitrogens with zero attached hydrogens (tertiary/aromatic N) is 2. The molecule has 0 fully saturated rings. The summed E-state index contributed by atoms with van der Waals surface area (Å²) >= 11 is 0. The molecule has 0 aliphatic carbocycles. The fraction of sp³-hybridized carbons (Fsp3) is 0.214. The van der Waals surface area contributed by atoms with Crippen molar-refractivity contribution in [3.05, 3.63) is 46.2 Å². The van der Waals surface area contributed by atoms with Crippen LogP contribution in [-0.4, -0.2) is 46.8 Å². The number of aliphatic hydroxyl groups excluding tert-OH is 1. The number of benzene rings is 1. The Kier molecular flexibility index (Phi) is 5.22. The Morgan fingerprint density at radius 3 is 2.62 bits per heavy atom. The van der Waals surface area contributed by atoms with Gasteiger partial charge in [0.15, 0.2) is 6.04 Å². The van der Waals surface area contributed by atoms with Gasteiger partial charge in [0, 0.05) is 23.8 Å². The zero-order valence-electron chi connectivity index (χ0n) is 12.5. The van der Waals surface area contributed by atoms with Gasteiger partial charge in [-0.15, -0.1) is 0 Å². The molecule has 2 aromatic rings. The number of carbonyl (C=O) groups is 2. The standard InChI is InChI=1S/C14H13N3O7/c1-23-14(20)11(7-18)15-13(19)12-6-10(16-24-12)8-2-4-9(5-3-8)17(21)22/h2-6,11,18H,7H2,1H3,(H,15,19). The molecule has 0 bridgehead atoms. The lowest BCUT2D eigenvalue weighted by Gasteiger charge is -2.12. The second-order valence-electron chi connectivity index (χ2n) is 4.61. The first-order valence-electron chi connectivity index (χ1n) is 6.67. The van der Waals surface area contributed by atoms with Crippen LogP contribution in [0.15, 0.2) is 34.9 Å². The van der Waals surface area contributed by atoms with Crippen molar-refractivity contribution in [2.75, 3.05) is 13.7 Å². The number of nitrogens with one attached hydrogen (secondary N) is 1. The quantitative estimate of drug-likeness (QED) is 0.441. The lowest BCUT2D eigenvalue weighted by atomic mass is 10.1. The van der Waals surface area contributed by atoms with Crippen LogP contribution < -0.4 is 5.32 Å². The van der Waals surface area contributed by atoms with E-state index in [9.17, 15) is 19.7 Å². The van der Waals surface area contributed by atoms with Crippen LogP contribution in [-0.2, 0) is 9.53 Å². The van der Waals surface area contributed by atoms with E-state index in [0.29, 0.717) is 5.56 Å². The number of aliphatic hydroxyl groups is 1. The van der Waals surface area contributed by atoms with Crippen LogP contribution in [0.4, 0.5) is 5.69 Å². The Morgan fingerprint density at radius 1 is 1.42 bits per heavy atom. The molecule has 0 radical (unpaired) electrons. The van der Waals surface area contributed by atoms with Crippen molar-refractivity contribution in [1.29, 1.82) is 0 Å². The minimum absolute atomic E-state index is 0.0796. The van der Waals surface area contributed by atoms with Crippen LogP contribution in [0.3, 0.4) is 0 Å². The zero-order valence-corrected chi connectivity index (χ0v) is 12.5. The molecule has 1 aromatic heterocycles. The van der Waals surface area contributed by atoms with Crippen molar-refractivity contribution in [3.63, 3.8) is 0 Å². The number of rotatable bonds is 6. The number of methoxy groups -OCH3 is 1. The Hall–Kier alpha value is -3.27. The molecular formula is C14H13N3O7. The summed E-state index contributed by atoms with van der Waals surface area (Å²) in [5.74, 6) is -1.76. The van der Waals surface area contributed by atoms with E-state index in [-0.39, 0.29) is 17.1 Å². The van der Waals surface area contributed by atoms with Crippen molar-refractivity contribution in [3.8, 4) is 11.3 Å². The molecule has 24 heavy (non-hydrogen) atoms. The van der Waals surface area contributed by atoms with Gasteiger partial charge in [0.2, 0.25) is 5.76 Å². The maximum absolute atomic E-state index is 12.0. The van der Waals surface area contributed by atoms with E-state index in [1.807, 2.05) is 0 Å². The van der Waals surface area contributed by atoms with Gasteiger partial charge in [-0.25, -0.2) is 4.79 Å². The molecule has 0 aliphatic heterocycles. The van der Waals surface area contributed by atoms with Crippen molar-refractivity contribution < 1.29 is 28.9 Å². The molecule has 10 heteroatoms. The van der Waals surface area contributed by atoms with E-state index >= 15 is 0 Å². The number of nitro benzene ring substituents is 1. The van der Waals surface area contributed by atoms with E-state index in [0.717, 1.165) is 7.11 Å². The number of aromatic nitrogens is 1. The number of nitro groups is 1. The molecule has 1 atom stereocenters. The van der Waals surface area contributed by atoms with Gasteiger partial charge in [0.1, 0.15) is 5.69 Å². The molecule has 0 aliphatic rings. The van der Waals surface area contributed by atoms with Crippen molar-refractivity contribution >= 4 is 17.6 Å². The molecule has 10 nitrogen and oxygen atoms in total. The van der Waals surface area contributed by atoms with E-state index in [1.165, 1.54) is 30.3 Å². The van der Waals surface area contributed by atoms with Gasteiger partial charge in [-0.1, -0.05) is 5.16 Å². The molecule has 1 unspecified atom stereocenters. The van der Waals surface area contributed by atoms with Crippen molar-refractivity contribution in [2.45, 2.75) is 6.04 Å². The minimum Gasteiger partial charge on any atom is -0.467 e. The van der Waals surface area contributed by atoms with Crippen LogP contribution in [0.2, 0.25) is 0 Å². The third-order valence-electron chi connectivity index (χ3n) is 3.08. The Balaban J connectivity index is 2.13. The minimum atomic E-state index is -1.23. The molecule has 126 valence electrons. The number of hydrogen-bond donors (Lipinski definition) is 2. The summed E-state index contributed by atoms with van der Waals surface area (Å²) in [5, 5.41) is 25.6. The lowest BCUT2D eigenvalue weighted by Crippen LogP contribution is -2.43. The molecule has 0 spiro atoms. The lowest BCUT2D eigenvalue weighted by molar-refractivity contribution is -0.384. The van der Waals surface area contributed by atoms with Crippen LogP contribution in [0.5, 0.6) is 0 Å². The summed E-state index contributed by atoms with van der Waals surface area (Å²) in [6, 6.07) is 5.59. The summed E-state index contributed by atoms with van der Waals surface area (Å²) in [4.78, 5) is 33.4. The van der Waals surface area contributed by atoms with E-state index in [2.05, 4.69) is 15.2 Å². The largest absolute Gasteiger partial charge is 0.467 e. The number of hydrogen-bond acceptors (Lipinski definition) is 8. The average molecular weight is 335 g/mol. The third kappa shape index (κ3) is 3.73. The maximum atomic E-state index is 12.0. The second-order valence-corrected chi connectivity index (χ2v) is 4.61. The van der Waals surface area contributed by atoms with Crippen LogP contribution in [0.1, 0.15) is 10.6 Å². The topological polar surface area (TPSA) is 145 Å². The van der Waals surface area contributed by atoms with E-state index in [1.54, 1.807) is 0 Å². The maximum Gasteiger partial charge on any atom is 0.330 e. The molecule has 2 rings (SSSR count). The van der Waals surface area contributed by atoms with Gasteiger partial charge in [-0.05, 0) is 12.1 Å². The molecule has 0 saturated carbocycles. The number of esters is 1. The fourth-order valence-electron chi connectivity index (χ4n) is 1.82. The summed E-state index contributed by atoms with van der Waals surface area (Å²) in [7, 11) is 1.12. The smallest absolute Gasteiger partial charge is 0.330 e. The predicted molar refractivity (Wildman–Crippen MR) is 78.9 cm³/mol. The molecule has 2 N–H and O–H groups in total. The van der Waals surface area contributed by atoms with E-state index in [4.69, 9.17) is 9.63 Å². The molecule has 1 aromatic carbocycles.